The first-order valence-electron chi connectivity index (χ1n) is 11.3. The summed E-state index contributed by atoms with van der Waals surface area (Å²) in [4.78, 5) is 12.4. The Labute approximate surface area is 208 Å². The molecule has 0 amide bonds. The van der Waals surface area contributed by atoms with E-state index in [1.807, 2.05) is 6.07 Å². The molecule has 1 heterocycles. The predicted octanol–water partition coefficient (Wildman–Crippen LogP) is 5.31. The lowest BCUT2D eigenvalue weighted by Crippen LogP contribution is -2.21. The van der Waals surface area contributed by atoms with Crippen LogP contribution in [-0.4, -0.2) is 19.7 Å². The highest BCUT2D eigenvalue weighted by atomic mass is 19.1. The molecule has 1 aliphatic rings. The van der Waals surface area contributed by atoms with Gasteiger partial charge in [0, 0.05) is 11.6 Å². The number of hydrogen-bond donors (Lipinski definition) is 1. The maximum Gasteiger partial charge on any atom is 0.346 e. The summed E-state index contributed by atoms with van der Waals surface area (Å²) in [6.45, 7) is 4.63. The molecule has 0 saturated carbocycles. The highest BCUT2D eigenvalue weighted by Crippen LogP contribution is 2.45. The van der Waals surface area contributed by atoms with Crippen LogP contribution in [0.2, 0.25) is 0 Å². The van der Waals surface area contributed by atoms with Crippen molar-refractivity contribution in [1.82, 2.24) is 0 Å². The van der Waals surface area contributed by atoms with Crippen LogP contribution in [0.3, 0.4) is 0 Å². The first-order valence-corrected chi connectivity index (χ1v) is 11.3. The van der Waals surface area contributed by atoms with Crippen LogP contribution in [0.1, 0.15) is 41.3 Å². The van der Waals surface area contributed by atoms with E-state index in [4.69, 9.17) is 24.7 Å². The van der Waals surface area contributed by atoms with Gasteiger partial charge in [-0.3, -0.25) is 0 Å². The monoisotopic (exact) mass is 488 g/mol. The number of carbonyl (C=O) groups is 1. The molecule has 0 aromatic heterocycles. The van der Waals surface area contributed by atoms with Gasteiger partial charge < -0.3 is 24.7 Å². The molecule has 0 saturated heterocycles. The SMILES string of the molecule is COc1cc(C2C(C#N)=C(N)Oc3cc(OC(=O)c4ccccc4F)ccc32)ccc1OCC(C)C. The maximum atomic E-state index is 14.0. The van der Waals surface area contributed by atoms with E-state index in [0.29, 0.717) is 35.3 Å². The van der Waals surface area contributed by atoms with Gasteiger partial charge in [-0.15, -0.1) is 0 Å². The van der Waals surface area contributed by atoms with E-state index in [1.54, 1.807) is 37.4 Å². The number of allylic oxidation sites excluding steroid dienone is 1. The standard InChI is InChI=1S/C28H25FN2O5/c1-16(2)15-34-23-11-8-17(12-25(23)33-3)26-20-10-9-18(13-24(20)36-27(31)21(26)14-30)35-28(32)19-6-4-5-7-22(19)29/h4-13,16,26H,15,31H2,1-3H3. The number of benzene rings is 3. The first kappa shape index (κ1) is 24.6. The summed E-state index contributed by atoms with van der Waals surface area (Å²) in [5.41, 5.74) is 7.53. The van der Waals surface area contributed by atoms with Crippen LogP contribution in [0.5, 0.6) is 23.0 Å². The van der Waals surface area contributed by atoms with Crippen LogP contribution in [0.4, 0.5) is 4.39 Å². The van der Waals surface area contributed by atoms with Gasteiger partial charge in [0.1, 0.15) is 29.0 Å². The van der Waals surface area contributed by atoms with Crippen molar-refractivity contribution in [2.75, 3.05) is 13.7 Å². The molecule has 2 N–H and O–H groups in total. The Balaban J connectivity index is 1.69. The molecule has 36 heavy (non-hydrogen) atoms. The molecule has 0 fully saturated rings. The lowest BCUT2D eigenvalue weighted by Gasteiger charge is -2.27. The van der Waals surface area contributed by atoms with Gasteiger partial charge in [-0.1, -0.05) is 38.1 Å². The van der Waals surface area contributed by atoms with Crippen molar-refractivity contribution in [2.45, 2.75) is 19.8 Å². The number of fused-ring (bicyclic) bond motifs is 1. The number of nitrogens with two attached hydrogens (primary N) is 1. The van der Waals surface area contributed by atoms with Crippen LogP contribution in [0.15, 0.2) is 72.1 Å². The second-order valence-electron chi connectivity index (χ2n) is 8.61. The van der Waals surface area contributed by atoms with Crippen molar-refractivity contribution in [2.24, 2.45) is 11.7 Å². The Bertz CT molecular complexity index is 1380. The number of rotatable bonds is 7. The summed E-state index contributed by atoms with van der Waals surface area (Å²) in [6.07, 6.45) is 0. The predicted molar refractivity (Wildman–Crippen MR) is 130 cm³/mol. The normalized spacial score (nSPS) is 14.5. The average Bonchev–Trinajstić information content (AvgIpc) is 2.86. The van der Waals surface area contributed by atoms with Crippen molar-refractivity contribution >= 4 is 5.97 Å². The second-order valence-corrected chi connectivity index (χ2v) is 8.61. The molecule has 0 radical (unpaired) electrons. The summed E-state index contributed by atoms with van der Waals surface area (Å²) >= 11 is 0. The molecule has 0 spiro atoms. The molecule has 7 nitrogen and oxygen atoms in total. The Hall–Kier alpha value is -4.51. The molecule has 3 aromatic carbocycles. The fourth-order valence-corrected chi connectivity index (χ4v) is 3.87. The lowest BCUT2D eigenvalue weighted by atomic mass is 9.83. The van der Waals surface area contributed by atoms with Gasteiger partial charge in [0.05, 0.1) is 25.2 Å². The van der Waals surface area contributed by atoms with Gasteiger partial charge in [-0.05, 0) is 41.8 Å². The number of ether oxygens (including phenoxy) is 4. The number of carbonyl (C=O) groups excluding carboxylic acids is 1. The molecule has 1 unspecified atom stereocenters. The summed E-state index contributed by atoms with van der Waals surface area (Å²) < 4.78 is 36.4. The van der Waals surface area contributed by atoms with Gasteiger partial charge in [0.25, 0.3) is 0 Å². The second kappa shape index (κ2) is 10.4. The molecule has 4 rings (SSSR count). The van der Waals surface area contributed by atoms with E-state index in [2.05, 4.69) is 19.9 Å². The quantitative estimate of drug-likeness (QED) is 0.355. The minimum atomic E-state index is -0.844. The fraction of sp³-hybridized carbons (Fsp3) is 0.214. The molecule has 0 aliphatic carbocycles. The van der Waals surface area contributed by atoms with Crippen molar-refractivity contribution in [3.8, 4) is 29.1 Å². The third-order valence-electron chi connectivity index (χ3n) is 5.59. The maximum absolute atomic E-state index is 14.0. The molecular weight excluding hydrogens is 463 g/mol. The van der Waals surface area contributed by atoms with Crippen molar-refractivity contribution in [3.63, 3.8) is 0 Å². The zero-order valence-electron chi connectivity index (χ0n) is 20.1. The average molecular weight is 489 g/mol. The smallest absolute Gasteiger partial charge is 0.346 e. The number of halogens is 1. The van der Waals surface area contributed by atoms with E-state index >= 15 is 0 Å². The summed E-state index contributed by atoms with van der Waals surface area (Å²) in [6, 6.07) is 17.8. The topological polar surface area (TPSA) is 104 Å². The third kappa shape index (κ3) is 4.96. The lowest BCUT2D eigenvalue weighted by molar-refractivity contribution is 0.0729. The zero-order chi connectivity index (χ0) is 25.8. The summed E-state index contributed by atoms with van der Waals surface area (Å²) in [5.74, 6) is -0.235. The molecule has 8 heteroatoms. The van der Waals surface area contributed by atoms with Crippen molar-refractivity contribution in [1.29, 1.82) is 5.26 Å². The highest BCUT2D eigenvalue weighted by molar-refractivity contribution is 5.91. The number of nitriles is 1. The molecule has 184 valence electrons. The van der Waals surface area contributed by atoms with Gasteiger partial charge >= 0.3 is 5.97 Å². The van der Waals surface area contributed by atoms with Crippen LogP contribution in [0, 0.1) is 23.1 Å². The van der Waals surface area contributed by atoms with Crippen LogP contribution >= 0.6 is 0 Å². The van der Waals surface area contributed by atoms with Crippen LogP contribution < -0.4 is 24.7 Å². The Kier molecular flexibility index (Phi) is 7.11. The number of nitrogens with zero attached hydrogens (tertiary/aromatic N) is 1. The number of methoxy groups -OCH3 is 1. The Morgan fingerprint density at radius 3 is 2.61 bits per heavy atom. The van der Waals surface area contributed by atoms with E-state index in [-0.39, 0.29) is 22.8 Å². The minimum absolute atomic E-state index is 0.0633. The van der Waals surface area contributed by atoms with Gasteiger partial charge in [-0.2, -0.15) is 5.26 Å². The van der Waals surface area contributed by atoms with E-state index in [0.717, 1.165) is 5.56 Å². The van der Waals surface area contributed by atoms with Crippen molar-refractivity contribution in [3.05, 3.63) is 94.6 Å². The Morgan fingerprint density at radius 2 is 1.92 bits per heavy atom. The van der Waals surface area contributed by atoms with Gasteiger partial charge in [0.2, 0.25) is 5.88 Å². The van der Waals surface area contributed by atoms with Gasteiger partial charge in [-0.25, -0.2) is 9.18 Å². The molecule has 3 aromatic rings. The van der Waals surface area contributed by atoms with Crippen LogP contribution in [0.25, 0.3) is 0 Å². The van der Waals surface area contributed by atoms with Crippen molar-refractivity contribution < 1.29 is 28.1 Å². The van der Waals surface area contributed by atoms with E-state index in [9.17, 15) is 14.4 Å². The van der Waals surface area contributed by atoms with Crippen LogP contribution in [-0.2, 0) is 0 Å². The molecular formula is C28H25FN2O5. The minimum Gasteiger partial charge on any atom is -0.493 e. The van der Waals surface area contributed by atoms with E-state index < -0.39 is 17.7 Å². The van der Waals surface area contributed by atoms with E-state index in [1.165, 1.54) is 24.3 Å². The number of esters is 1. The highest BCUT2D eigenvalue weighted by Gasteiger charge is 2.32. The zero-order valence-corrected chi connectivity index (χ0v) is 20.1. The summed E-state index contributed by atoms with van der Waals surface area (Å²) in [5, 5.41) is 9.84. The third-order valence-corrected chi connectivity index (χ3v) is 5.59. The summed E-state index contributed by atoms with van der Waals surface area (Å²) in [7, 11) is 1.55. The number of hydrogen-bond acceptors (Lipinski definition) is 7. The molecule has 0 bridgehead atoms. The first-order chi connectivity index (χ1) is 17.3. The molecule has 1 atom stereocenters. The fourth-order valence-electron chi connectivity index (χ4n) is 3.87. The Morgan fingerprint density at radius 1 is 1.14 bits per heavy atom. The van der Waals surface area contributed by atoms with Gasteiger partial charge in [0.15, 0.2) is 11.5 Å². The molecule has 1 aliphatic heterocycles. The largest absolute Gasteiger partial charge is 0.493 e.